The van der Waals surface area contributed by atoms with Crippen molar-refractivity contribution in [3.63, 3.8) is 0 Å². The highest BCUT2D eigenvalue weighted by Crippen LogP contribution is 2.19. The largest absolute Gasteiger partial charge is 0.492 e. The fourth-order valence-corrected chi connectivity index (χ4v) is 1.42. The number of carboxylic acids is 1. The molecule has 8 nitrogen and oxygen atoms in total. The van der Waals surface area contributed by atoms with Crippen LogP contribution in [0.3, 0.4) is 0 Å². The lowest BCUT2D eigenvalue weighted by molar-refractivity contribution is 0.0697. The summed E-state index contributed by atoms with van der Waals surface area (Å²) >= 11 is 0. The number of anilines is 1. The van der Waals surface area contributed by atoms with Crippen molar-refractivity contribution >= 4 is 17.7 Å². The molecule has 2 rings (SSSR count). The predicted octanol–water partition coefficient (Wildman–Crippen LogP) is 1.26. The van der Waals surface area contributed by atoms with Gasteiger partial charge in [0, 0.05) is 17.8 Å². The van der Waals surface area contributed by atoms with Crippen LogP contribution in [0.1, 0.15) is 10.4 Å². The highest BCUT2D eigenvalue weighted by molar-refractivity contribution is 5.89. The fraction of sp³-hybridized carbons (Fsp3) is 0. The number of aromatic nitrogens is 1. The van der Waals surface area contributed by atoms with Gasteiger partial charge >= 0.3 is 12.1 Å². The summed E-state index contributed by atoms with van der Waals surface area (Å²) < 4.78 is 0.529. The number of carbonyl (C=O) groups is 2. The van der Waals surface area contributed by atoms with Crippen LogP contribution in [0.4, 0.5) is 10.5 Å². The van der Waals surface area contributed by atoms with E-state index in [0.717, 1.165) is 12.1 Å². The van der Waals surface area contributed by atoms with Crippen LogP contribution >= 0.6 is 0 Å². The van der Waals surface area contributed by atoms with Gasteiger partial charge in [-0.15, -0.1) is 4.73 Å². The zero-order valence-electron chi connectivity index (χ0n) is 9.98. The maximum Gasteiger partial charge on any atom is 0.436 e. The lowest BCUT2D eigenvalue weighted by Gasteiger charge is -2.08. The van der Waals surface area contributed by atoms with Crippen molar-refractivity contribution in [2.45, 2.75) is 0 Å². The first kappa shape index (κ1) is 13.3. The molecule has 20 heavy (non-hydrogen) atoms. The van der Waals surface area contributed by atoms with Crippen molar-refractivity contribution in [3.05, 3.63) is 42.0 Å². The summed E-state index contributed by atoms with van der Waals surface area (Å²) in [5, 5.41) is 29.6. The number of nitrogens with zero attached hydrogens (tertiary/aromatic N) is 1. The van der Waals surface area contributed by atoms with Gasteiger partial charge in [0.15, 0.2) is 0 Å². The predicted molar refractivity (Wildman–Crippen MR) is 66.8 cm³/mol. The number of hydrogen-bond donors (Lipinski definition) is 4. The Morgan fingerprint density at radius 2 is 1.55 bits per heavy atom. The van der Waals surface area contributed by atoms with Crippen LogP contribution in [0, 0.1) is 0 Å². The first-order chi connectivity index (χ1) is 9.47. The Hall–Kier alpha value is -3.16. The first-order valence-corrected chi connectivity index (χ1v) is 5.40. The number of aromatic carboxylic acids is 1. The van der Waals surface area contributed by atoms with Crippen molar-refractivity contribution in [1.29, 1.82) is 0 Å². The number of rotatable bonds is 3. The summed E-state index contributed by atoms with van der Waals surface area (Å²) in [6, 6.07) is 7.65. The van der Waals surface area contributed by atoms with E-state index in [1.165, 1.54) is 24.3 Å². The van der Waals surface area contributed by atoms with Gasteiger partial charge in [0.05, 0.1) is 5.56 Å². The SMILES string of the molecule is O=C(Nc1ccc(C(=O)O)cc1)On1c(O)ccc1O. The van der Waals surface area contributed by atoms with Gasteiger partial charge in [-0.3, -0.25) is 5.32 Å². The van der Waals surface area contributed by atoms with Crippen LogP contribution in [0.25, 0.3) is 0 Å². The Balaban J connectivity index is 2.03. The summed E-state index contributed by atoms with van der Waals surface area (Å²) in [5.41, 5.74) is 0.371. The van der Waals surface area contributed by atoms with Crippen molar-refractivity contribution in [2.24, 2.45) is 0 Å². The Kier molecular flexibility index (Phi) is 3.47. The van der Waals surface area contributed by atoms with E-state index in [1.54, 1.807) is 0 Å². The topological polar surface area (TPSA) is 121 Å². The Labute approximate surface area is 112 Å². The molecule has 0 radical (unpaired) electrons. The Morgan fingerprint density at radius 3 is 2.05 bits per heavy atom. The first-order valence-electron chi connectivity index (χ1n) is 5.40. The zero-order valence-corrected chi connectivity index (χ0v) is 9.98. The van der Waals surface area contributed by atoms with E-state index in [1.807, 2.05) is 0 Å². The smallest absolute Gasteiger partial charge is 0.436 e. The van der Waals surface area contributed by atoms with Crippen LogP contribution < -0.4 is 10.2 Å². The van der Waals surface area contributed by atoms with Crippen molar-refractivity contribution in [2.75, 3.05) is 5.32 Å². The van der Waals surface area contributed by atoms with E-state index in [2.05, 4.69) is 10.2 Å². The Morgan fingerprint density at radius 1 is 1.00 bits per heavy atom. The molecule has 1 aromatic heterocycles. The third-order valence-electron chi connectivity index (χ3n) is 2.35. The standard InChI is InChI=1S/C12H10N2O6/c15-9-5-6-10(16)14(9)20-12(19)13-8-3-1-7(2-4-8)11(17)18/h1-6,15-16H,(H,13,19)(H,17,18). The molecule has 0 atom stereocenters. The van der Waals surface area contributed by atoms with Gasteiger partial charge in [-0.1, -0.05) is 0 Å². The molecule has 8 heteroatoms. The highest BCUT2D eigenvalue weighted by Gasteiger charge is 2.12. The molecule has 4 N–H and O–H groups in total. The fourth-order valence-electron chi connectivity index (χ4n) is 1.42. The van der Waals surface area contributed by atoms with Crippen LogP contribution in [-0.4, -0.2) is 32.1 Å². The molecule has 0 saturated heterocycles. The van der Waals surface area contributed by atoms with Crippen LogP contribution in [0.2, 0.25) is 0 Å². The summed E-state index contributed by atoms with van der Waals surface area (Å²) in [6.45, 7) is 0. The van der Waals surface area contributed by atoms with Gasteiger partial charge in [-0.05, 0) is 24.3 Å². The van der Waals surface area contributed by atoms with Crippen molar-refractivity contribution in [3.8, 4) is 11.8 Å². The van der Waals surface area contributed by atoms with Gasteiger partial charge in [-0.25, -0.2) is 9.59 Å². The maximum absolute atomic E-state index is 11.5. The normalized spacial score (nSPS) is 10.0. The number of amides is 1. The van der Waals surface area contributed by atoms with E-state index in [4.69, 9.17) is 5.11 Å². The minimum absolute atomic E-state index is 0.0737. The molecule has 0 fully saturated rings. The van der Waals surface area contributed by atoms with Gasteiger partial charge in [0.25, 0.3) is 0 Å². The van der Waals surface area contributed by atoms with Gasteiger partial charge in [0.1, 0.15) is 0 Å². The molecule has 1 heterocycles. The third kappa shape index (κ3) is 2.80. The molecule has 0 saturated carbocycles. The molecule has 0 aliphatic carbocycles. The molecule has 0 aliphatic heterocycles. The van der Waals surface area contributed by atoms with Crippen molar-refractivity contribution < 1.29 is 29.7 Å². The second-order valence-electron chi connectivity index (χ2n) is 3.73. The van der Waals surface area contributed by atoms with Crippen LogP contribution in [0.15, 0.2) is 36.4 Å². The van der Waals surface area contributed by atoms with E-state index in [0.29, 0.717) is 10.4 Å². The zero-order chi connectivity index (χ0) is 14.7. The monoisotopic (exact) mass is 278 g/mol. The second-order valence-corrected chi connectivity index (χ2v) is 3.73. The number of benzene rings is 1. The third-order valence-corrected chi connectivity index (χ3v) is 2.35. The lowest BCUT2D eigenvalue weighted by Crippen LogP contribution is -2.24. The molecule has 0 aliphatic rings. The minimum atomic E-state index is -1.08. The summed E-state index contributed by atoms with van der Waals surface area (Å²) in [7, 11) is 0. The summed E-state index contributed by atoms with van der Waals surface area (Å²) in [5.74, 6) is -1.97. The lowest BCUT2D eigenvalue weighted by atomic mass is 10.2. The van der Waals surface area contributed by atoms with Crippen LogP contribution in [-0.2, 0) is 0 Å². The number of carboxylic acid groups (broad SMARTS) is 1. The average molecular weight is 278 g/mol. The highest BCUT2D eigenvalue weighted by atomic mass is 16.7. The number of carbonyl (C=O) groups excluding carboxylic acids is 1. The molecule has 0 bridgehead atoms. The number of hydrogen-bond acceptors (Lipinski definition) is 5. The van der Waals surface area contributed by atoms with E-state index in [-0.39, 0.29) is 5.56 Å². The van der Waals surface area contributed by atoms with Gasteiger partial charge in [0.2, 0.25) is 11.8 Å². The number of aromatic hydroxyl groups is 2. The van der Waals surface area contributed by atoms with Crippen LogP contribution in [0.5, 0.6) is 11.8 Å². The molecule has 0 spiro atoms. The summed E-state index contributed by atoms with van der Waals surface area (Å²) in [6.07, 6.45) is -0.963. The van der Waals surface area contributed by atoms with Gasteiger partial charge in [-0.2, -0.15) is 0 Å². The Bertz CT molecular complexity index is 627. The molecule has 0 unspecified atom stereocenters. The molecule has 2 aromatic rings. The van der Waals surface area contributed by atoms with Crippen molar-refractivity contribution in [1.82, 2.24) is 4.73 Å². The number of nitrogens with one attached hydrogen (secondary N) is 1. The maximum atomic E-state index is 11.5. The minimum Gasteiger partial charge on any atom is -0.492 e. The average Bonchev–Trinajstić information content (AvgIpc) is 2.71. The van der Waals surface area contributed by atoms with Gasteiger partial charge < -0.3 is 20.2 Å². The quantitative estimate of drug-likeness (QED) is 0.670. The molecular formula is C12H10N2O6. The van der Waals surface area contributed by atoms with E-state index in [9.17, 15) is 19.8 Å². The molecule has 1 amide bonds. The molecular weight excluding hydrogens is 268 g/mol. The molecule has 104 valence electrons. The van der Waals surface area contributed by atoms with E-state index >= 15 is 0 Å². The second kappa shape index (κ2) is 5.22. The van der Waals surface area contributed by atoms with E-state index < -0.39 is 23.8 Å². The molecule has 1 aromatic carbocycles. The summed E-state index contributed by atoms with van der Waals surface area (Å²) in [4.78, 5) is 26.8.